The van der Waals surface area contributed by atoms with Crippen LogP contribution in [0.25, 0.3) is 0 Å². The van der Waals surface area contributed by atoms with Gasteiger partial charge in [0, 0.05) is 12.2 Å². The number of nitrogens with zero attached hydrogens (tertiary/aromatic N) is 1. The van der Waals surface area contributed by atoms with E-state index in [0.717, 1.165) is 12.2 Å². The van der Waals surface area contributed by atoms with Crippen LogP contribution in [-0.4, -0.2) is 12.5 Å². The van der Waals surface area contributed by atoms with Crippen molar-refractivity contribution in [1.29, 1.82) is 0 Å². The standard InChI is InChI=1S/C19H27NO/c1-19(2)16-12-8-9-13-17(16)20(18(19)21)14-15-10-6-4-3-5-7-11-15/h8-9,12-13,15H,3-7,10-11,14H2,1-2H3. The molecule has 1 aromatic carbocycles. The first-order valence-electron chi connectivity index (χ1n) is 8.52. The van der Waals surface area contributed by atoms with E-state index >= 15 is 0 Å². The van der Waals surface area contributed by atoms with Crippen LogP contribution < -0.4 is 4.90 Å². The molecule has 1 amide bonds. The van der Waals surface area contributed by atoms with Gasteiger partial charge >= 0.3 is 0 Å². The van der Waals surface area contributed by atoms with Gasteiger partial charge in [0.2, 0.25) is 5.91 Å². The highest BCUT2D eigenvalue weighted by molar-refractivity contribution is 6.07. The third kappa shape index (κ3) is 2.73. The van der Waals surface area contributed by atoms with Gasteiger partial charge in [-0.25, -0.2) is 0 Å². The predicted molar refractivity (Wildman–Crippen MR) is 87.6 cm³/mol. The molecular formula is C19H27NO. The van der Waals surface area contributed by atoms with Gasteiger partial charge < -0.3 is 4.90 Å². The van der Waals surface area contributed by atoms with Crippen molar-refractivity contribution in [2.45, 2.75) is 64.2 Å². The highest BCUT2D eigenvalue weighted by Crippen LogP contribution is 2.42. The molecule has 21 heavy (non-hydrogen) atoms. The number of anilines is 1. The Hall–Kier alpha value is -1.31. The van der Waals surface area contributed by atoms with Gasteiger partial charge in [-0.1, -0.05) is 50.3 Å². The lowest BCUT2D eigenvalue weighted by Crippen LogP contribution is -2.39. The van der Waals surface area contributed by atoms with Gasteiger partial charge in [0.25, 0.3) is 0 Å². The monoisotopic (exact) mass is 285 g/mol. The Kier molecular flexibility index (Phi) is 4.05. The zero-order valence-electron chi connectivity index (χ0n) is 13.4. The fraction of sp³-hybridized carbons (Fsp3) is 0.632. The van der Waals surface area contributed by atoms with Gasteiger partial charge in [0.05, 0.1) is 5.41 Å². The highest BCUT2D eigenvalue weighted by atomic mass is 16.2. The summed E-state index contributed by atoms with van der Waals surface area (Å²) in [5.41, 5.74) is 1.98. The zero-order chi connectivity index (χ0) is 14.9. The number of hydrogen-bond donors (Lipinski definition) is 0. The third-order valence-corrected chi connectivity index (χ3v) is 5.31. The number of benzene rings is 1. The number of carbonyl (C=O) groups is 1. The summed E-state index contributed by atoms with van der Waals surface area (Å²) in [6, 6.07) is 8.34. The molecule has 0 N–H and O–H groups in total. The summed E-state index contributed by atoms with van der Waals surface area (Å²) in [6.45, 7) is 5.04. The third-order valence-electron chi connectivity index (χ3n) is 5.31. The lowest BCUT2D eigenvalue weighted by molar-refractivity contribution is -0.122. The second kappa shape index (κ2) is 5.82. The number of hydrogen-bond acceptors (Lipinski definition) is 1. The predicted octanol–water partition coefficient (Wildman–Crippen LogP) is 4.67. The summed E-state index contributed by atoms with van der Waals surface area (Å²) in [7, 11) is 0. The minimum atomic E-state index is -0.363. The SMILES string of the molecule is CC1(C)C(=O)N(CC2CCCCCCC2)c2ccccc21. The van der Waals surface area contributed by atoms with Crippen molar-refractivity contribution < 1.29 is 4.79 Å². The summed E-state index contributed by atoms with van der Waals surface area (Å²) in [5, 5.41) is 0. The van der Waals surface area contributed by atoms with Crippen LogP contribution >= 0.6 is 0 Å². The van der Waals surface area contributed by atoms with E-state index in [-0.39, 0.29) is 11.3 Å². The maximum absolute atomic E-state index is 12.8. The quantitative estimate of drug-likeness (QED) is 0.773. The molecule has 1 heterocycles. The molecule has 1 saturated carbocycles. The summed E-state index contributed by atoms with van der Waals surface area (Å²) in [4.78, 5) is 14.9. The van der Waals surface area contributed by atoms with Gasteiger partial charge in [-0.05, 0) is 44.2 Å². The van der Waals surface area contributed by atoms with Crippen LogP contribution in [0.4, 0.5) is 5.69 Å². The van der Waals surface area contributed by atoms with Crippen LogP contribution in [-0.2, 0) is 10.2 Å². The number of amides is 1. The molecule has 3 rings (SSSR count). The van der Waals surface area contributed by atoms with E-state index in [9.17, 15) is 4.79 Å². The molecule has 2 aliphatic rings. The van der Waals surface area contributed by atoms with Crippen LogP contribution in [0.5, 0.6) is 0 Å². The topological polar surface area (TPSA) is 20.3 Å². The van der Waals surface area contributed by atoms with Crippen molar-refractivity contribution in [1.82, 2.24) is 0 Å². The van der Waals surface area contributed by atoms with Crippen molar-refractivity contribution in [2.75, 3.05) is 11.4 Å². The Balaban J connectivity index is 1.80. The molecule has 1 aliphatic carbocycles. The van der Waals surface area contributed by atoms with E-state index in [1.165, 1.54) is 50.5 Å². The second-order valence-electron chi connectivity index (χ2n) is 7.27. The van der Waals surface area contributed by atoms with Crippen molar-refractivity contribution in [3.63, 3.8) is 0 Å². The highest BCUT2D eigenvalue weighted by Gasteiger charge is 2.43. The van der Waals surface area contributed by atoms with Gasteiger partial charge in [-0.3, -0.25) is 4.79 Å². The number of rotatable bonds is 2. The average Bonchev–Trinajstić information content (AvgIpc) is 2.63. The Morgan fingerprint density at radius 2 is 1.67 bits per heavy atom. The Labute approximate surface area is 128 Å². The number of para-hydroxylation sites is 1. The molecule has 0 saturated heterocycles. The normalized spacial score (nSPS) is 22.8. The Morgan fingerprint density at radius 1 is 1.05 bits per heavy atom. The fourth-order valence-electron chi connectivity index (χ4n) is 3.96. The molecule has 0 atom stereocenters. The van der Waals surface area contributed by atoms with E-state index < -0.39 is 0 Å². The largest absolute Gasteiger partial charge is 0.311 e. The summed E-state index contributed by atoms with van der Waals surface area (Å²) in [5.74, 6) is 0.960. The van der Waals surface area contributed by atoms with E-state index in [4.69, 9.17) is 0 Å². The zero-order valence-corrected chi connectivity index (χ0v) is 13.4. The molecule has 1 aromatic rings. The fourth-order valence-corrected chi connectivity index (χ4v) is 3.96. The molecule has 0 spiro atoms. The van der Waals surface area contributed by atoms with E-state index in [1.54, 1.807) is 0 Å². The molecule has 1 fully saturated rings. The molecule has 0 radical (unpaired) electrons. The van der Waals surface area contributed by atoms with E-state index in [0.29, 0.717) is 5.92 Å². The van der Waals surface area contributed by atoms with Crippen LogP contribution in [0.2, 0.25) is 0 Å². The minimum Gasteiger partial charge on any atom is -0.311 e. The lowest BCUT2D eigenvalue weighted by Gasteiger charge is -2.27. The molecule has 114 valence electrons. The van der Waals surface area contributed by atoms with Crippen LogP contribution in [0.3, 0.4) is 0 Å². The lowest BCUT2D eigenvalue weighted by atomic mass is 9.86. The second-order valence-corrected chi connectivity index (χ2v) is 7.27. The Bertz CT molecular complexity index is 512. The van der Waals surface area contributed by atoms with E-state index in [1.807, 2.05) is 6.07 Å². The number of fused-ring (bicyclic) bond motifs is 1. The average molecular weight is 285 g/mol. The first kappa shape index (κ1) is 14.6. The molecule has 0 unspecified atom stereocenters. The van der Waals surface area contributed by atoms with Crippen molar-refractivity contribution in [3.05, 3.63) is 29.8 Å². The summed E-state index contributed by atoms with van der Waals surface area (Å²) in [6.07, 6.45) is 9.36. The maximum Gasteiger partial charge on any atom is 0.237 e. The van der Waals surface area contributed by atoms with Crippen LogP contribution in [0.1, 0.15) is 64.4 Å². The molecule has 2 heteroatoms. The van der Waals surface area contributed by atoms with E-state index in [2.05, 4.69) is 36.9 Å². The molecule has 0 bridgehead atoms. The minimum absolute atomic E-state index is 0.283. The Morgan fingerprint density at radius 3 is 2.38 bits per heavy atom. The van der Waals surface area contributed by atoms with Gasteiger partial charge in [-0.2, -0.15) is 0 Å². The smallest absolute Gasteiger partial charge is 0.237 e. The van der Waals surface area contributed by atoms with Gasteiger partial charge in [0.1, 0.15) is 0 Å². The van der Waals surface area contributed by atoms with Crippen LogP contribution in [0.15, 0.2) is 24.3 Å². The van der Waals surface area contributed by atoms with Crippen molar-refractivity contribution in [3.8, 4) is 0 Å². The van der Waals surface area contributed by atoms with Crippen molar-refractivity contribution >= 4 is 11.6 Å². The summed E-state index contributed by atoms with van der Waals surface area (Å²) >= 11 is 0. The van der Waals surface area contributed by atoms with Crippen molar-refractivity contribution in [2.24, 2.45) is 5.92 Å². The van der Waals surface area contributed by atoms with Gasteiger partial charge in [0.15, 0.2) is 0 Å². The first-order valence-corrected chi connectivity index (χ1v) is 8.52. The molecule has 0 aromatic heterocycles. The van der Waals surface area contributed by atoms with Crippen LogP contribution in [0, 0.1) is 5.92 Å². The summed E-state index contributed by atoms with van der Waals surface area (Å²) < 4.78 is 0. The van der Waals surface area contributed by atoms with Gasteiger partial charge in [-0.15, -0.1) is 0 Å². The number of carbonyl (C=O) groups excluding carboxylic acids is 1. The molecule has 2 nitrogen and oxygen atoms in total. The maximum atomic E-state index is 12.8. The molecule has 1 aliphatic heterocycles. The molecular weight excluding hydrogens is 258 g/mol. The first-order chi connectivity index (χ1) is 10.1.